The molecule has 0 amide bonds. The van der Waals surface area contributed by atoms with Gasteiger partial charge in [-0.2, -0.15) is 0 Å². The first kappa shape index (κ1) is 18.6. The summed E-state index contributed by atoms with van der Waals surface area (Å²) in [5, 5.41) is 9.26. The molecule has 2 aromatic rings. The number of aromatic nitrogens is 2. The second-order valence-corrected chi connectivity index (χ2v) is 6.74. The third-order valence-electron chi connectivity index (χ3n) is 4.93. The number of fused-ring (bicyclic) bond motifs is 1. The van der Waals surface area contributed by atoms with E-state index in [9.17, 15) is 19.1 Å². The smallest absolute Gasteiger partial charge is 0.341 e. The SMILES string of the molecule is Cl.NC1CCCCN1c1nc2c(cc1F)c(=O)c(C(=O)O)cn2C1CC1. The fraction of sp³-hybridized carbons (Fsp3) is 0.471. The molecule has 0 spiro atoms. The number of hydrogen-bond acceptors (Lipinski definition) is 5. The second-order valence-electron chi connectivity index (χ2n) is 6.74. The first-order chi connectivity index (χ1) is 12.0. The minimum atomic E-state index is -1.32. The van der Waals surface area contributed by atoms with Crippen molar-refractivity contribution in [1.29, 1.82) is 0 Å². The van der Waals surface area contributed by atoms with Gasteiger partial charge < -0.3 is 20.3 Å². The van der Waals surface area contributed by atoms with E-state index >= 15 is 0 Å². The quantitative estimate of drug-likeness (QED) is 0.844. The number of pyridine rings is 2. The van der Waals surface area contributed by atoms with Crippen molar-refractivity contribution >= 4 is 35.2 Å². The van der Waals surface area contributed by atoms with Crippen LogP contribution in [0.3, 0.4) is 0 Å². The van der Waals surface area contributed by atoms with Crippen molar-refractivity contribution in [3.05, 3.63) is 33.9 Å². The van der Waals surface area contributed by atoms with E-state index in [0.29, 0.717) is 12.2 Å². The number of rotatable bonds is 3. The highest BCUT2D eigenvalue weighted by Crippen LogP contribution is 2.37. The molecule has 3 heterocycles. The van der Waals surface area contributed by atoms with Gasteiger partial charge in [-0.1, -0.05) is 0 Å². The topological polar surface area (TPSA) is 101 Å². The van der Waals surface area contributed by atoms with E-state index in [1.807, 2.05) is 0 Å². The van der Waals surface area contributed by atoms with Gasteiger partial charge in [0, 0.05) is 18.8 Å². The molecule has 2 aliphatic rings. The summed E-state index contributed by atoms with van der Waals surface area (Å²) in [4.78, 5) is 29.9. The van der Waals surface area contributed by atoms with Crippen molar-refractivity contribution < 1.29 is 14.3 Å². The van der Waals surface area contributed by atoms with E-state index in [1.54, 1.807) is 9.47 Å². The predicted molar refractivity (Wildman–Crippen MR) is 97.6 cm³/mol. The van der Waals surface area contributed by atoms with Crippen molar-refractivity contribution in [3.8, 4) is 0 Å². The van der Waals surface area contributed by atoms with E-state index in [0.717, 1.165) is 38.2 Å². The number of carboxylic acids is 1. The number of anilines is 1. The van der Waals surface area contributed by atoms with Gasteiger partial charge in [-0.05, 0) is 38.2 Å². The average molecular weight is 383 g/mol. The number of piperidine rings is 1. The van der Waals surface area contributed by atoms with Gasteiger partial charge in [0.25, 0.3) is 0 Å². The van der Waals surface area contributed by atoms with E-state index in [1.165, 1.54) is 6.20 Å². The number of nitrogens with zero attached hydrogens (tertiary/aromatic N) is 3. The molecule has 1 aliphatic heterocycles. The summed E-state index contributed by atoms with van der Waals surface area (Å²) in [6, 6.07) is 1.20. The minimum Gasteiger partial charge on any atom is -0.477 e. The minimum absolute atomic E-state index is 0. The predicted octanol–water partition coefficient (Wildman–Crippen LogP) is 2.27. The maximum atomic E-state index is 14.7. The van der Waals surface area contributed by atoms with Crippen molar-refractivity contribution in [3.63, 3.8) is 0 Å². The Morgan fingerprint density at radius 3 is 2.65 bits per heavy atom. The lowest BCUT2D eigenvalue weighted by molar-refractivity contribution is 0.0695. The normalized spacial score (nSPS) is 20.1. The highest BCUT2D eigenvalue weighted by atomic mass is 35.5. The first-order valence-electron chi connectivity index (χ1n) is 8.48. The molecule has 0 aromatic carbocycles. The molecule has 4 rings (SSSR count). The largest absolute Gasteiger partial charge is 0.477 e. The van der Waals surface area contributed by atoms with Crippen molar-refractivity contribution in [2.75, 3.05) is 11.4 Å². The van der Waals surface area contributed by atoms with Crippen LogP contribution in [0.4, 0.5) is 10.2 Å². The van der Waals surface area contributed by atoms with Gasteiger partial charge in [0.2, 0.25) is 5.43 Å². The molecular weight excluding hydrogens is 363 g/mol. The van der Waals surface area contributed by atoms with Gasteiger partial charge in [0.1, 0.15) is 11.2 Å². The maximum absolute atomic E-state index is 14.7. The molecule has 0 bridgehead atoms. The zero-order chi connectivity index (χ0) is 17.7. The lowest BCUT2D eigenvalue weighted by Gasteiger charge is -2.34. The maximum Gasteiger partial charge on any atom is 0.341 e. The standard InChI is InChI=1S/C17H19FN4O3.ClH/c18-12-7-10-14(23)11(17(24)25)8-22(9-4-5-9)15(10)20-16(12)21-6-2-1-3-13(21)19;/h7-9,13H,1-6,19H2,(H,24,25);1H. The van der Waals surface area contributed by atoms with Crippen LogP contribution in [0.5, 0.6) is 0 Å². The number of hydrogen-bond donors (Lipinski definition) is 2. The third-order valence-corrected chi connectivity index (χ3v) is 4.93. The zero-order valence-electron chi connectivity index (χ0n) is 14.0. The molecule has 1 atom stereocenters. The molecule has 9 heteroatoms. The van der Waals surface area contributed by atoms with Gasteiger partial charge in [-0.15, -0.1) is 12.4 Å². The number of aromatic carboxylic acids is 1. The Morgan fingerprint density at radius 2 is 2.04 bits per heavy atom. The monoisotopic (exact) mass is 382 g/mol. The van der Waals surface area contributed by atoms with Crippen LogP contribution >= 0.6 is 12.4 Å². The summed E-state index contributed by atoms with van der Waals surface area (Å²) in [5.74, 6) is -1.83. The van der Waals surface area contributed by atoms with Crippen LogP contribution in [0.1, 0.15) is 48.5 Å². The molecule has 1 saturated heterocycles. The summed E-state index contributed by atoms with van der Waals surface area (Å²) in [6.07, 6.45) is 5.43. The lowest BCUT2D eigenvalue weighted by Crippen LogP contribution is -2.46. The summed E-state index contributed by atoms with van der Waals surface area (Å²) in [7, 11) is 0. The number of nitrogens with two attached hydrogens (primary N) is 1. The number of carboxylic acid groups (broad SMARTS) is 1. The average Bonchev–Trinajstić information content (AvgIpc) is 3.40. The van der Waals surface area contributed by atoms with Crippen molar-refractivity contribution in [2.45, 2.75) is 44.3 Å². The van der Waals surface area contributed by atoms with Crippen LogP contribution in [0.2, 0.25) is 0 Å². The van der Waals surface area contributed by atoms with E-state index in [2.05, 4.69) is 4.98 Å². The van der Waals surface area contributed by atoms with Gasteiger partial charge in [0.15, 0.2) is 11.6 Å². The Kier molecular flexibility index (Phi) is 4.90. The van der Waals surface area contributed by atoms with Crippen LogP contribution in [0, 0.1) is 5.82 Å². The Bertz CT molecular complexity index is 928. The van der Waals surface area contributed by atoms with Gasteiger partial charge in [0.05, 0.1) is 11.6 Å². The molecule has 1 saturated carbocycles. The fourth-order valence-corrected chi connectivity index (χ4v) is 3.44. The molecule has 2 fully saturated rings. The van der Waals surface area contributed by atoms with Crippen LogP contribution in [-0.2, 0) is 0 Å². The Labute approximate surface area is 155 Å². The van der Waals surface area contributed by atoms with Gasteiger partial charge in [-0.25, -0.2) is 14.2 Å². The molecule has 140 valence electrons. The van der Waals surface area contributed by atoms with Crippen LogP contribution in [0.15, 0.2) is 17.1 Å². The van der Waals surface area contributed by atoms with Crippen LogP contribution in [0.25, 0.3) is 11.0 Å². The molecule has 0 radical (unpaired) electrons. The summed E-state index contributed by atoms with van der Waals surface area (Å²) < 4.78 is 16.4. The molecule has 1 unspecified atom stereocenters. The zero-order valence-corrected chi connectivity index (χ0v) is 14.8. The van der Waals surface area contributed by atoms with E-state index in [-0.39, 0.29) is 41.4 Å². The summed E-state index contributed by atoms with van der Waals surface area (Å²) in [5.41, 5.74) is 5.36. The highest BCUT2D eigenvalue weighted by Gasteiger charge is 2.30. The number of carbonyl (C=O) groups is 1. The summed E-state index contributed by atoms with van der Waals surface area (Å²) in [6.45, 7) is 0.609. The molecule has 26 heavy (non-hydrogen) atoms. The fourth-order valence-electron chi connectivity index (χ4n) is 3.44. The van der Waals surface area contributed by atoms with Crippen LogP contribution < -0.4 is 16.1 Å². The Balaban J connectivity index is 0.00000196. The van der Waals surface area contributed by atoms with Gasteiger partial charge in [-0.3, -0.25) is 4.79 Å². The molecular formula is C17H20ClFN4O3. The molecule has 3 N–H and O–H groups in total. The van der Waals surface area contributed by atoms with Crippen LogP contribution in [-0.4, -0.2) is 33.3 Å². The Hall–Kier alpha value is -2.19. The molecule has 1 aliphatic carbocycles. The molecule has 7 nitrogen and oxygen atoms in total. The lowest BCUT2D eigenvalue weighted by atomic mass is 10.1. The summed E-state index contributed by atoms with van der Waals surface area (Å²) >= 11 is 0. The van der Waals surface area contributed by atoms with Crippen molar-refractivity contribution in [2.24, 2.45) is 5.73 Å². The highest BCUT2D eigenvalue weighted by molar-refractivity contribution is 5.92. The second kappa shape index (κ2) is 6.85. The third kappa shape index (κ3) is 3.03. The molecule has 2 aromatic heterocycles. The number of halogens is 2. The Morgan fingerprint density at radius 1 is 1.31 bits per heavy atom. The van der Waals surface area contributed by atoms with Gasteiger partial charge >= 0.3 is 5.97 Å². The van der Waals surface area contributed by atoms with E-state index < -0.39 is 17.2 Å². The van der Waals surface area contributed by atoms with Crippen molar-refractivity contribution in [1.82, 2.24) is 9.55 Å². The van der Waals surface area contributed by atoms with E-state index in [4.69, 9.17) is 5.73 Å². The first-order valence-corrected chi connectivity index (χ1v) is 8.48.